The zero-order valence-corrected chi connectivity index (χ0v) is 16.7. The highest BCUT2D eigenvalue weighted by atomic mass is 16.5. The van der Waals surface area contributed by atoms with Crippen LogP contribution in [0.4, 0.5) is 0 Å². The number of hydrogen-bond donors (Lipinski definition) is 0. The Morgan fingerprint density at radius 1 is 1.14 bits per heavy atom. The molecule has 5 nitrogen and oxygen atoms in total. The zero-order chi connectivity index (χ0) is 19.9. The van der Waals surface area contributed by atoms with Crippen molar-refractivity contribution in [3.63, 3.8) is 0 Å². The van der Waals surface area contributed by atoms with Gasteiger partial charge < -0.3 is 14.4 Å². The van der Waals surface area contributed by atoms with Crippen LogP contribution < -0.4 is 9.47 Å². The van der Waals surface area contributed by atoms with E-state index >= 15 is 0 Å². The number of carbonyl (C=O) groups is 1. The second-order valence-corrected chi connectivity index (χ2v) is 6.99. The molecule has 1 aliphatic heterocycles. The van der Waals surface area contributed by atoms with Crippen LogP contribution in [0.15, 0.2) is 55.1 Å². The van der Waals surface area contributed by atoms with Crippen LogP contribution in [0.5, 0.6) is 11.5 Å². The molecule has 3 rings (SSSR count). The minimum absolute atomic E-state index is 0.137. The number of rotatable bonds is 8. The Bertz CT molecular complexity index is 820. The Balaban J connectivity index is 1.68. The first kappa shape index (κ1) is 20.0. The van der Waals surface area contributed by atoms with Gasteiger partial charge in [-0.25, -0.2) is 0 Å². The van der Waals surface area contributed by atoms with Gasteiger partial charge in [0.15, 0.2) is 11.5 Å². The van der Waals surface area contributed by atoms with E-state index in [4.69, 9.17) is 9.47 Å². The Kier molecular flexibility index (Phi) is 6.71. The highest BCUT2D eigenvalue weighted by Crippen LogP contribution is 2.33. The van der Waals surface area contributed by atoms with Crippen molar-refractivity contribution in [1.82, 2.24) is 9.80 Å². The standard InChI is InChI=1S/C23H28N2O3/c1-4-11-24(15-18-8-6-5-7-9-18)17-23(26)25-12-10-19-13-21(27-2)22(28-3)14-20(19)16-25/h4-9,13-14H,1,10-12,15-17H2,2-3H3. The molecule has 1 aliphatic rings. The lowest BCUT2D eigenvalue weighted by molar-refractivity contribution is -0.133. The lowest BCUT2D eigenvalue weighted by Gasteiger charge is -2.31. The van der Waals surface area contributed by atoms with Crippen molar-refractivity contribution >= 4 is 5.91 Å². The fourth-order valence-electron chi connectivity index (χ4n) is 3.60. The molecule has 5 heteroatoms. The molecule has 2 aromatic carbocycles. The van der Waals surface area contributed by atoms with Gasteiger partial charge in [-0.3, -0.25) is 9.69 Å². The summed E-state index contributed by atoms with van der Waals surface area (Å²) in [5.74, 6) is 1.58. The average Bonchev–Trinajstić information content (AvgIpc) is 2.73. The first-order valence-electron chi connectivity index (χ1n) is 9.53. The van der Waals surface area contributed by atoms with Crippen LogP contribution in [0.2, 0.25) is 0 Å². The van der Waals surface area contributed by atoms with E-state index in [2.05, 4.69) is 23.6 Å². The molecular weight excluding hydrogens is 352 g/mol. The van der Waals surface area contributed by atoms with Gasteiger partial charge in [0.2, 0.25) is 5.91 Å². The number of benzene rings is 2. The molecule has 0 radical (unpaired) electrons. The van der Waals surface area contributed by atoms with E-state index in [1.165, 1.54) is 11.1 Å². The van der Waals surface area contributed by atoms with E-state index in [9.17, 15) is 4.79 Å². The van der Waals surface area contributed by atoms with E-state index in [0.29, 0.717) is 31.9 Å². The van der Waals surface area contributed by atoms with Gasteiger partial charge in [-0.15, -0.1) is 6.58 Å². The maximum absolute atomic E-state index is 13.0. The van der Waals surface area contributed by atoms with Crippen molar-refractivity contribution in [2.45, 2.75) is 19.5 Å². The monoisotopic (exact) mass is 380 g/mol. The predicted octanol–water partition coefficient (Wildman–Crippen LogP) is 3.28. The maximum Gasteiger partial charge on any atom is 0.237 e. The Morgan fingerprint density at radius 2 is 1.82 bits per heavy atom. The number of methoxy groups -OCH3 is 2. The van der Waals surface area contributed by atoms with Gasteiger partial charge in [-0.05, 0) is 35.2 Å². The molecule has 0 spiro atoms. The summed E-state index contributed by atoms with van der Waals surface area (Å²) < 4.78 is 10.8. The van der Waals surface area contributed by atoms with E-state index < -0.39 is 0 Å². The van der Waals surface area contributed by atoms with Crippen molar-refractivity contribution in [3.05, 3.63) is 71.8 Å². The van der Waals surface area contributed by atoms with Crippen LogP contribution in [-0.4, -0.2) is 49.6 Å². The molecular formula is C23H28N2O3. The fraction of sp³-hybridized carbons (Fsp3) is 0.348. The normalized spacial score (nSPS) is 13.2. The summed E-state index contributed by atoms with van der Waals surface area (Å²) in [6.45, 7) is 6.94. The third kappa shape index (κ3) is 4.73. The minimum atomic E-state index is 0.137. The summed E-state index contributed by atoms with van der Waals surface area (Å²) in [6, 6.07) is 14.2. The molecule has 1 amide bonds. The summed E-state index contributed by atoms with van der Waals surface area (Å²) in [6.07, 6.45) is 2.67. The van der Waals surface area contributed by atoms with Gasteiger partial charge in [0.25, 0.3) is 0 Å². The van der Waals surface area contributed by atoms with E-state index in [0.717, 1.165) is 24.3 Å². The molecule has 0 N–H and O–H groups in total. The summed E-state index contributed by atoms with van der Waals surface area (Å²) in [5.41, 5.74) is 3.53. The van der Waals surface area contributed by atoms with Gasteiger partial charge in [0, 0.05) is 26.2 Å². The van der Waals surface area contributed by atoms with Gasteiger partial charge in [0.1, 0.15) is 0 Å². The van der Waals surface area contributed by atoms with Crippen LogP contribution in [-0.2, 0) is 24.3 Å². The molecule has 0 aliphatic carbocycles. The molecule has 28 heavy (non-hydrogen) atoms. The lowest BCUT2D eigenvalue weighted by Crippen LogP contribution is -2.42. The van der Waals surface area contributed by atoms with Crippen molar-refractivity contribution in [2.24, 2.45) is 0 Å². The molecule has 148 valence electrons. The largest absolute Gasteiger partial charge is 0.493 e. The quantitative estimate of drug-likeness (QED) is 0.659. The Morgan fingerprint density at radius 3 is 2.46 bits per heavy atom. The van der Waals surface area contributed by atoms with E-state index in [-0.39, 0.29) is 5.91 Å². The van der Waals surface area contributed by atoms with E-state index in [1.807, 2.05) is 41.3 Å². The lowest BCUT2D eigenvalue weighted by atomic mass is 9.98. The predicted molar refractivity (Wildman–Crippen MR) is 111 cm³/mol. The minimum Gasteiger partial charge on any atom is -0.493 e. The van der Waals surface area contributed by atoms with Crippen LogP contribution in [0.3, 0.4) is 0 Å². The second-order valence-electron chi connectivity index (χ2n) is 6.99. The molecule has 2 aromatic rings. The second kappa shape index (κ2) is 9.42. The third-order valence-electron chi connectivity index (χ3n) is 5.07. The summed E-state index contributed by atoms with van der Waals surface area (Å²) in [4.78, 5) is 17.0. The molecule has 0 fully saturated rings. The first-order valence-corrected chi connectivity index (χ1v) is 9.53. The van der Waals surface area contributed by atoms with Crippen LogP contribution in [0.1, 0.15) is 16.7 Å². The Labute approximate surface area is 167 Å². The molecule has 0 aromatic heterocycles. The topological polar surface area (TPSA) is 42.0 Å². The van der Waals surface area contributed by atoms with Gasteiger partial charge in [0.05, 0.1) is 20.8 Å². The molecule has 0 unspecified atom stereocenters. The van der Waals surface area contributed by atoms with Gasteiger partial charge in [-0.2, -0.15) is 0 Å². The first-order chi connectivity index (χ1) is 13.6. The molecule has 0 saturated heterocycles. The fourth-order valence-corrected chi connectivity index (χ4v) is 3.60. The number of nitrogens with zero attached hydrogens (tertiary/aromatic N) is 2. The number of hydrogen-bond acceptors (Lipinski definition) is 4. The molecule has 1 heterocycles. The van der Waals surface area contributed by atoms with Crippen molar-refractivity contribution < 1.29 is 14.3 Å². The SMILES string of the molecule is C=CCN(CC(=O)N1CCc2cc(OC)c(OC)cc2C1)Cc1ccccc1. The number of fused-ring (bicyclic) bond motifs is 1. The smallest absolute Gasteiger partial charge is 0.237 e. The van der Waals surface area contributed by atoms with Crippen molar-refractivity contribution in [1.29, 1.82) is 0 Å². The highest BCUT2D eigenvalue weighted by Gasteiger charge is 2.24. The van der Waals surface area contributed by atoms with Crippen molar-refractivity contribution in [2.75, 3.05) is 33.9 Å². The summed E-state index contributed by atoms with van der Waals surface area (Å²) in [5, 5.41) is 0. The Hall–Kier alpha value is -2.79. The number of carbonyl (C=O) groups excluding carboxylic acids is 1. The number of amides is 1. The van der Waals surface area contributed by atoms with E-state index in [1.54, 1.807) is 14.2 Å². The zero-order valence-electron chi connectivity index (χ0n) is 16.7. The van der Waals surface area contributed by atoms with Gasteiger partial charge in [-0.1, -0.05) is 36.4 Å². The van der Waals surface area contributed by atoms with Crippen LogP contribution in [0.25, 0.3) is 0 Å². The number of ether oxygens (including phenoxy) is 2. The molecule has 0 bridgehead atoms. The highest BCUT2D eigenvalue weighted by molar-refractivity contribution is 5.78. The summed E-state index contributed by atoms with van der Waals surface area (Å²) in [7, 11) is 3.27. The molecule has 0 saturated carbocycles. The van der Waals surface area contributed by atoms with Gasteiger partial charge >= 0.3 is 0 Å². The van der Waals surface area contributed by atoms with Crippen LogP contribution in [0, 0.1) is 0 Å². The molecule has 0 atom stereocenters. The average molecular weight is 380 g/mol. The summed E-state index contributed by atoms with van der Waals surface area (Å²) >= 11 is 0. The van der Waals surface area contributed by atoms with Crippen molar-refractivity contribution in [3.8, 4) is 11.5 Å². The van der Waals surface area contributed by atoms with Crippen LogP contribution >= 0.6 is 0 Å². The maximum atomic E-state index is 13.0. The third-order valence-corrected chi connectivity index (χ3v) is 5.07.